The van der Waals surface area contributed by atoms with Crippen molar-refractivity contribution >= 4 is 5.91 Å². The number of amides is 1. The number of nitrogens with one attached hydrogen (secondary N) is 1. The lowest BCUT2D eigenvalue weighted by Gasteiger charge is -2.14. The van der Waals surface area contributed by atoms with Crippen molar-refractivity contribution < 1.29 is 10.0 Å². The number of unbranched alkanes of at least 4 members (excludes halogenated alkanes) is 1. The predicted molar refractivity (Wildman–Crippen MR) is 57.0 cm³/mol. The summed E-state index contributed by atoms with van der Waals surface area (Å²) in [6.45, 7) is 7.92. The molecule has 82 valence electrons. The van der Waals surface area contributed by atoms with Crippen LogP contribution < -0.4 is 5.48 Å². The molecular weight excluding hydrogens is 178 g/mol. The predicted octanol–water partition coefficient (Wildman–Crippen LogP) is 2.65. The van der Waals surface area contributed by atoms with Gasteiger partial charge >= 0.3 is 0 Å². The maximum Gasteiger partial charge on any atom is 0.269 e. The molecule has 0 saturated carbocycles. The molecule has 0 spiro atoms. The molecule has 0 radical (unpaired) electrons. The molecule has 0 bridgehead atoms. The van der Waals surface area contributed by atoms with Crippen LogP contribution in [0.4, 0.5) is 0 Å². The molecule has 0 aliphatic rings. The van der Waals surface area contributed by atoms with E-state index in [0.717, 1.165) is 12.8 Å². The largest absolute Gasteiger partial charge is 0.288 e. The molecule has 1 amide bonds. The first kappa shape index (κ1) is 13.2. The van der Waals surface area contributed by atoms with Gasteiger partial charge in [0.15, 0.2) is 0 Å². The summed E-state index contributed by atoms with van der Waals surface area (Å²) in [5, 5.41) is 8.41. The summed E-state index contributed by atoms with van der Waals surface area (Å²) >= 11 is 0. The highest BCUT2D eigenvalue weighted by molar-refractivity contribution is 5.91. The van der Waals surface area contributed by atoms with Gasteiger partial charge in [-0.1, -0.05) is 46.1 Å². The number of hydrogen-bond donors (Lipinski definition) is 2. The molecule has 3 heteroatoms. The molecule has 0 aliphatic heterocycles. The van der Waals surface area contributed by atoms with Crippen LogP contribution in [0.25, 0.3) is 0 Å². The Bertz CT molecular complexity index is 190. The van der Waals surface area contributed by atoms with Crippen molar-refractivity contribution in [3.8, 4) is 0 Å². The Kier molecular flexibility index (Phi) is 7.11. The van der Waals surface area contributed by atoms with Gasteiger partial charge in [0.05, 0.1) is 0 Å². The van der Waals surface area contributed by atoms with Gasteiger partial charge in [0.2, 0.25) is 0 Å². The number of hydrogen-bond acceptors (Lipinski definition) is 2. The summed E-state index contributed by atoms with van der Waals surface area (Å²) in [6.07, 6.45) is 5.23. The van der Waals surface area contributed by atoms with Crippen LogP contribution in [-0.2, 0) is 4.79 Å². The van der Waals surface area contributed by atoms with Gasteiger partial charge < -0.3 is 0 Å². The van der Waals surface area contributed by atoms with Crippen molar-refractivity contribution in [1.82, 2.24) is 5.48 Å². The lowest BCUT2D eigenvalue weighted by Crippen LogP contribution is -2.21. The zero-order valence-electron chi connectivity index (χ0n) is 9.18. The molecule has 1 unspecified atom stereocenters. The van der Waals surface area contributed by atoms with Crippen molar-refractivity contribution in [2.75, 3.05) is 0 Å². The average Bonchev–Trinajstić information content (AvgIpc) is 2.22. The van der Waals surface area contributed by atoms with Gasteiger partial charge in [-0.25, -0.2) is 5.48 Å². The molecular formula is C11H21NO2. The Morgan fingerprint density at radius 1 is 1.50 bits per heavy atom. The van der Waals surface area contributed by atoms with Crippen molar-refractivity contribution in [1.29, 1.82) is 0 Å². The Hall–Kier alpha value is -0.830. The van der Waals surface area contributed by atoms with Crippen LogP contribution in [0.3, 0.4) is 0 Å². The summed E-state index contributed by atoms with van der Waals surface area (Å²) < 4.78 is 0. The Morgan fingerprint density at radius 3 is 2.57 bits per heavy atom. The molecule has 0 aromatic heterocycles. The van der Waals surface area contributed by atoms with Gasteiger partial charge in [0.1, 0.15) is 0 Å². The summed E-state index contributed by atoms with van der Waals surface area (Å²) in [6, 6.07) is 0. The Morgan fingerprint density at radius 2 is 2.14 bits per heavy atom. The summed E-state index contributed by atoms with van der Waals surface area (Å²) in [5.41, 5.74) is 2.08. The highest BCUT2D eigenvalue weighted by atomic mass is 16.5. The third kappa shape index (κ3) is 5.02. The topological polar surface area (TPSA) is 49.3 Å². The van der Waals surface area contributed by atoms with Crippen molar-refractivity contribution in [2.24, 2.45) is 5.92 Å². The quantitative estimate of drug-likeness (QED) is 0.376. The molecule has 14 heavy (non-hydrogen) atoms. The third-order valence-electron chi connectivity index (χ3n) is 2.50. The standard InChI is InChI=1S/C11H21NO2/c1-4-6-7-10(5-2)8-9(3)11(13)12-14/h10,14H,3-8H2,1-2H3,(H,12,13). The first-order valence-corrected chi connectivity index (χ1v) is 5.27. The fourth-order valence-corrected chi connectivity index (χ4v) is 1.46. The van der Waals surface area contributed by atoms with E-state index in [9.17, 15) is 4.79 Å². The van der Waals surface area contributed by atoms with E-state index in [2.05, 4.69) is 20.4 Å². The molecule has 0 fully saturated rings. The van der Waals surface area contributed by atoms with Gasteiger partial charge in [-0.15, -0.1) is 0 Å². The lowest BCUT2D eigenvalue weighted by molar-refractivity contribution is -0.125. The molecule has 1 atom stereocenters. The van der Waals surface area contributed by atoms with Gasteiger partial charge in [0, 0.05) is 5.57 Å². The molecule has 0 aromatic rings. The van der Waals surface area contributed by atoms with E-state index in [1.165, 1.54) is 12.8 Å². The maximum absolute atomic E-state index is 11.0. The van der Waals surface area contributed by atoms with Crippen LogP contribution >= 0.6 is 0 Å². The maximum atomic E-state index is 11.0. The van der Waals surface area contributed by atoms with Gasteiger partial charge in [-0.3, -0.25) is 10.0 Å². The second kappa shape index (κ2) is 7.56. The molecule has 2 N–H and O–H groups in total. The normalized spacial score (nSPS) is 12.2. The summed E-state index contributed by atoms with van der Waals surface area (Å²) in [7, 11) is 0. The Balaban J connectivity index is 3.91. The second-order valence-corrected chi connectivity index (χ2v) is 3.67. The minimum atomic E-state index is -0.458. The van der Waals surface area contributed by atoms with Crippen molar-refractivity contribution in [3.63, 3.8) is 0 Å². The van der Waals surface area contributed by atoms with Crippen LogP contribution in [0.5, 0.6) is 0 Å². The van der Waals surface area contributed by atoms with Crippen molar-refractivity contribution in [2.45, 2.75) is 46.0 Å². The molecule has 0 aromatic carbocycles. The highest BCUT2D eigenvalue weighted by Crippen LogP contribution is 2.20. The number of hydroxylamine groups is 1. The van der Waals surface area contributed by atoms with E-state index < -0.39 is 5.91 Å². The molecule has 0 saturated heterocycles. The third-order valence-corrected chi connectivity index (χ3v) is 2.50. The molecule has 3 nitrogen and oxygen atoms in total. The van der Waals surface area contributed by atoms with Crippen LogP contribution in [0.15, 0.2) is 12.2 Å². The molecule has 0 aliphatic carbocycles. The zero-order valence-corrected chi connectivity index (χ0v) is 9.18. The van der Waals surface area contributed by atoms with Crippen LogP contribution in [0.2, 0.25) is 0 Å². The SMILES string of the molecule is C=C(CC(CC)CCCC)C(=O)NO. The first-order chi connectivity index (χ1) is 6.65. The van der Waals surface area contributed by atoms with E-state index in [0.29, 0.717) is 17.9 Å². The van der Waals surface area contributed by atoms with Gasteiger partial charge in [-0.05, 0) is 12.3 Å². The number of rotatable bonds is 7. The minimum absolute atomic E-state index is 0.458. The van der Waals surface area contributed by atoms with E-state index >= 15 is 0 Å². The minimum Gasteiger partial charge on any atom is -0.288 e. The lowest BCUT2D eigenvalue weighted by atomic mass is 9.92. The smallest absolute Gasteiger partial charge is 0.269 e. The Labute approximate surface area is 86.2 Å². The molecule has 0 rings (SSSR count). The fourth-order valence-electron chi connectivity index (χ4n) is 1.46. The average molecular weight is 199 g/mol. The van der Waals surface area contributed by atoms with Gasteiger partial charge in [0.25, 0.3) is 5.91 Å². The van der Waals surface area contributed by atoms with Gasteiger partial charge in [-0.2, -0.15) is 0 Å². The first-order valence-electron chi connectivity index (χ1n) is 5.27. The fraction of sp³-hybridized carbons (Fsp3) is 0.727. The van der Waals surface area contributed by atoms with E-state index in [1.807, 2.05) is 0 Å². The highest BCUT2D eigenvalue weighted by Gasteiger charge is 2.12. The van der Waals surface area contributed by atoms with Crippen molar-refractivity contribution in [3.05, 3.63) is 12.2 Å². The zero-order chi connectivity index (χ0) is 11.0. The number of carbonyl (C=O) groups excluding carboxylic acids is 1. The summed E-state index contributed by atoms with van der Waals surface area (Å²) in [4.78, 5) is 11.0. The second-order valence-electron chi connectivity index (χ2n) is 3.67. The van der Waals surface area contributed by atoms with E-state index in [-0.39, 0.29) is 0 Å². The van der Waals surface area contributed by atoms with Crippen LogP contribution in [0.1, 0.15) is 46.0 Å². The summed E-state index contributed by atoms with van der Waals surface area (Å²) in [5.74, 6) is 0.0553. The number of carbonyl (C=O) groups is 1. The van der Waals surface area contributed by atoms with E-state index in [4.69, 9.17) is 5.21 Å². The monoisotopic (exact) mass is 199 g/mol. The molecule has 0 heterocycles. The van der Waals surface area contributed by atoms with Crippen LogP contribution in [0, 0.1) is 5.92 Å². The van der Waals surface area contributed by atoms with Crippen LogP contribution in [-0.4, -0.2) is 11.1 Å². The van der Waals surface area contributed by atoms with E-state index in [1.54, 1.807) is 5.48 Å².